The van der Waals surface area contributed by atoms with Gasteiger partial charge in [-0.05, 0) is 24.7 Å². The average molecular weight is 198 g/mol. The monoisotopic (exact) mass is 198 g/mol. The van der Waals surface area contributed by atoms with Crippen LogP contribution >= 0.6 is 0 Å². The highest BCUT2D eigenvalue weighted by atomic mass is 16.5. The summed E-state index contributed by atoms with van der Waals surface area (Å²) >= 11 is 0. The Balaban J connectivity index is 2.03. The summed E-state index contributed by atoms with van der Waals surface area (Å²) in [7, 11) is 0. The molecule has 1 aliphatic heterocycles. The second-order valence-corrected chi connectivity index (χ2v) is 5.13. The Morgan fingerprint density at radius 3 is 2.64 bits per heavy atom. The van der Waals surface area contributed by atoms with Gasteiger partial charge in [-0.25, -0.2) is 0 Å². The van der Waals surface area contributed by atoms with Gasteiger partial charge in [-0.3, -0.25) is 11.3 Å². The number of hydrazine groups is 1. The molecule has 14 heavy (non-hydrogen) atoms. The van der Waals surface area contributed by atoms with Crippen LogP contribution in [0.25, 0.3) is 0 Å². The highest BCUT2D eigenvalue weighted by Gasteiger charge is 2.41. The van der Waals surface area contributed by atoms with Crippen molar-refractivity contribution in [2.45, 2.75) is 45.1 Å². The van der Waals surface area contributed by atoms with E-state index in [0.717, 1.165) is 13.2 Å². The van der Waals surface area contributed by atoms with Crippen LogP contribution in [0.15, 0.2) is 0 Å². The van der Waals surface area contributed by atoms with E-state index >= 15 is 0 Å². The van der Waals surface area contributed by atoms with Crippen LogP contribution < -0.4 is 11.3 Å². The molecule has 82 valence electrons. The van der Waals surface area contributed by atoms with Gasteiger partial charge in [0.2, 0.25) is 0 Å². The summed E-state index contributed by atoms with van der Waals surface area (Å²) in [4.78, 5) is 0. The third-order valence-electron chi connectivity index (χ3n) is 4.11. The lowest BCUT2D eigenvalue weighted by molar-refractivity contribution is 0.129. The summed E-state index contributed by atoms with van der Waals surface area (Å²) < 4.78 is 5.45. The Morgan fingerprint density at radius 1 is 1.43 bits per heavy atom. The maximum absolute atomic E-state index is 5.71. The lowest BCUT2D eigenvalue weighted by atomic mass is 9.74. The Labute approximate surface area is 86.4 Å². The Bertz CT molecular complexity index is 184. The minimum atomic E-state index is 0.410. The zero-order valence-corrected chi connectivity index (χ0v) is 9.09. The van der Waals surface area contributed by atoms with Crippen LogP contribution in [0.2, 0.25) is 0 Å². The van der Waals surface area contributed by atoms with Crippen LogP contribution in [0.3, 0.4) is 0 Å². The summed E-state index contributed by atoms with van der Waals surface area (Å²) in [6, 6.07) is 0.451. The van der Waals surface area contributed by atoms with Crippen molar-refractivity contribution in [2.75, 3.05) is 13.2 Å². The largest absolute Gasteiger partial charge is 0.381 e. The molecule has 0 spiro atoms. The SMILES string of the molecule is CC1(C(NN)C2CCOC2)CCCC1. The summed E-state index contributed by atoms with van der Waals surface area (Å²) in [5.74, 6) is 6.34. The minimum absolute atomic E-state index is 0.410. The lowest BCUT2D eigenvalue weighted by Crippen LogP contribution is -2.50. The summed E-state index contributed by atoms with van der Waals surface area (Å²) in [6.45, 7) is 4.19. The van der Waals surface area contributed by atoms with E-state index in [4.69, 9.17) is 10.6 Å². The first-order valence-electron chi connectivity index (χ1n) is 5.80. The fourth-order valence-electron chi connectivity index (χ4n) is 3.22. The first kappa shape index (κ1) is 10.4. The normalized spacial score (nSPS) is 33.4. The number of rotatable bonds is 3. The Morgan fingerprint density at radius 2 is 2.14 bits per heavy atom. The molecule has 1 aliphatic carbocycles. The summed E-state index contributed by atoms with van der Waals surface area (Å²) in [5.41, 5.74) is 3.46. The molecule has 0 aromatic rings. The van der Waals surface area contributed by atoms with E-state index in [0.29, 0.717) is 17.4 Å². The molecular weight excluding hydrogens is 176 g/mol. The first-order chi connectivity index (χ1) is 6.76. The highest BCUT2D eigenvalue weighted by Crippen LogP contribution is 2.43. The second-order valence-electron chi connectivity index (χ2n) is 5.13. The van der Waals surface area contributed by atoms with E-state index in [2.05, 4.69) is 12.3 Å². The predicted octanol–water partition coefficient (Wildman–Crippen LogP) is 1.44. The molecule has 1 heterocycles. The third-order valence-corrected chi connectivity index (χ3v) is 4.11. The average Bonchev–Trinajstić information content (AvgIpc) is 2.78. The molecule has 3 nitrogen and oxygen atoms in total. The van der Waals surface area contributed by atoms with Gasteiger partial charge < -0.3 is 4.74 Å². The fourth-order valence-corrected chi connectivity index (χ4v) is 3.22. The van der Waals surface area contributed by atoms with E-state index in [-0.39, 0.29) is 0 Å². The molecule has 2 unspecified atom stereocenters. The molecule has 1 saturated heterocycles. The third kappa shape index (κ3) is 1.81. The van der Waals surface area contributed by atoms with Gasteiger partial charge in [-0.1, -0.05) is 19.8 Å². The van der Waals surface area contributed by atoms with Crippen molar-refractivity contribution in [3.05, 3.63) is 0 Å². The fraction of sp³-hybridized carbons (Fsp3) is 1.00. The second kappa shape index (κ2) is 4.17. The highest BCUT2D eigenvalue weighted by molar-refractivity contribution is 4.95. The smallest absolute Gasteiger partial charge is 0.0510 e. The van der Waals surface area contributed by atoms with Gasteiger partial charge >= 0.3 is 0 Å². The van der Waals surface area contributed by atoms with Crippen molar-refractivity contribution in [3.63, 3.8) is 0 Å². The van der Waals surface area contributed by atoms with E-state index in [1.807, 2.05) is 0 Å². The van der Waals surface area contributed by atoms with Crippen molar-refractivity contribution >= 4 is 0 Å². The van der Waals surface area contributed by atoms with Crippen LogP contribution in [0.5, 0.6) is 0 Å². The quantitative estimate of drug-likeness (QED) is 0.533. The number of hydrogen-bond donors (Lipinski definition) is 2. The molecule has 2 rings (SSSR count). The molecule has 0 amide bonds. The van der Waals surface area contributed by atoms with E-state index in [9.17, 15) is 0 Å². The van der Waals surface area contributed by atoms with Crippen molar-refractivity contribution in [2.24, 2.45) is 17.2 Å². The van der Waals surface area contributed by atoms with Gasteiger partial charge in [-0.2, -0.15) is 0 Å². The van der Waals surface area contributed by atoms with Gasteiger partial charge in [0, 0.05) is 18.6 Å². The zero-order chi connectivity index (χ0) is 10.0. The predicted molar refractivity (Wildman–Crippen MR) is 56.6 cm³/mol. The molecule has 0 bridgehead atoms. The van der Waals surface area contributed by atoms with Crippen LogP contribution in [0.1, 0.15) is 39.0 Å². The van der Waals surface area contributed by atoms with Crippen molar-refractivity contribution < 1.29 is 4.74 Å². The molecule has 2 fully saturated rings. The Kier molecular flexibility index (Phi) is 3.10. The van der Waals surface area contributed by atoms with Gasteiger partial charge in [-0.15, -0.1) is 0 Å². The van der Waals surface area contributed by atoms with Gasteiger partial charge in [0.25, 0.3) is 0 Å². The molecule has 2 atom stereocenters. The van der Waals surface area contributed by atoms with Crippen molar-refractivity contribution in [3.8, 4) is 0 Å². The number of ether oxygens (including phenoxy) is 1. The standard InChI is InChI=1S/C11H22N2O/c1-11(5-2-3-6-11)10(13-12)9-4-7-14-8-9/h9-10,13H,2-8,12H2,1H3. The first-order valence-corrected chi connectivity index (χ1v) is 5.80. The summed E-state index contributed by atoms with van der Waals surface area (Å²) in [5, 5.41) is 0. The van der Waals surface area contributed by atoms with Crippen molar-refractivity contribution in [1.82, 2.24) is 5.43 Å². The molecule has 1 saturated carbocycles. The number of hydrogen-bond acceptors (Lipinski definition) is 3. The molecule has 2 aliphatic rings. The van der Waals surface area contributed by atoms with E-state index in [1.165, 1.54) is 32.1 Å². The topological polar surface area (TPSA) is 47.3 Å². The van der Waals surface area contributed by atoms with Gasteiger partial charge in [0.15, 0.2) is 0 Å². The van der Waals surface area contributed by atoms with Gasteiger partial charge in [0.05, 0.1) is 6.61 Å². The van der Waals surface area contributed by atoms with Crippen molar-refractivity contribution in [1.29, 1.82) is 0 Å². The number of nitrogens with one attached hydrogen (secondary N) is 1. The van der Waals surface area contributed by atoms with Crippen LogP contribution in [-0.4, -0.2) is 19.3 Å². The molecule has 3 heteroatoms. The summed E-state index contributed by atoms with van der Waals surface area (Å²) in [6.07, 6.45) is 6.53. The Hall–Kier alpha value is -0.120. The lowest BCUT2D eigenvalue weighted by Gasteiger charge is -2.37. The molecule has 0 radical (unpaired) electrons. The minimum Gasteiger partial charge on any atom is -0.381 e. The van der Waals surface area contributed by atoms with E-state index in [1.54, 1.807) is 0 Å². The zero-order valence-electron chi connectivity index (χ0n) is 9.09. The molecule has 0 aromatic carbocycles. The van der Waals surface area contributed by atoms with Crippen LogP contribution in [0.4, 0.5) is 0 Å². The van der Waals surface area contributed by atoms with Crippen LogP contribution in [-0.2, 0) is 4.74 Å². The molecule has 0 aromatic heterocycles. The van der Waals surface area contributed by atoms with Gasteiger partial charge in [0.1, 0.15) is 0 Å². The maximum atomic E-state index is 5.71. The van der Waals surface area contributed by atoms with Crippen LogP contribution in [0, 0.1) is 11.3 Å². The molecular formula is C11H22N2O. The number of nitrogens with two attached hydrogens (primary N) is 1. The maximum Gasteiger partial charge on any atom is 0.0510 e. The molecule has 3 N–H and O–H groups in total. The van der Waals surface area contributed by atoms with E-state index < -0.39 is 0 Å².